The molecule has 3 aliphatic rings. The smallest absolute Gasteiger partial charge is 0.308 e. The number of carboxylic acids is 1. The molecule has 0 spiro atoms. The lowest BCUT2D eigenvalue weighted by Gasteiger charge is -2.32. The van der Waals surface area contributed by atoms with E-state index in [4.69, 9.17) is 0 Å². The fourth-order valence-corrected chi connectivity index (χ4v) is 5.60. The minimum atomic E-state index is -0.711. The van der Waals surface area contributed by atoms with E-state index in [1.807, 2.05) is 18.2 Å². The van der Waals surface area contributed by atoms with Gasteiger partial charge in [-0.25, -0.2) is 0 Å². The Labute approximate surface area is 161 Å². The summed E-state index contributed by atoms with van der Waals surface area (Å²) in [7, 11) is 0. The van der Waals surface area contributed by atoms with Crippen molar-refractivity contribution >= 4 is 11.9 Å². The Balaban J connectivity index is 1.44. The molecule has 4 rings (SSSR count). The molecule has 2 bridgehead atoms. The largest absolute Gasteiger partial charge is 0.481 e. The molecule has 4 atom stereocenters. The summed E-state index contributed by atoms with van der Waals surface area (Å²) in [6.45, 7) is 0.329. The van der Waals surface area contributed by atoms with Crippen LogP contribution in [0.2, 0.25) is 0 Å². The highest BCUT2D eigenvalue weighted by molar-refractivity contribution is 5.79. The van der Waals surface area contributed by atoms with Crippen LogP contribution >= 0.6 is 0 Å². The monoisotopic (exact) mass is 370 g/mol. The van der Waals surface area contributed by atoms with Crippen LogP contribution in [0.1, 0.15) is 63.0 Å². The molecule has 27 heavy (non-hydrogen) atoms. The summed E-state index contributed by atoms with van der Waals surface area (Å²) in [6.07, 6.45) is 8.70. The molecule has 1 aromatic rings. The second kappa shape index (κ2) is 8.01. The van der Waals surface area contributed by atoms with Crippen molar-refractivity contribution in [1.29, 1.82) is 0 Å². The molecule has 2 aliphatic heterocycles. The topological polar surface area (TPSA) is 69.6 Å². The van der Waals surface area contributed by atoms with E-state index in [1.54, 1.807) is 0 Å². The number of nitrogens with one attached hydrogen (secondary N) is 1. The van der Waals surface area contributed by atoms with Crippen LogP contribution in [-0.2, 0) is 9.59 Å². The van der Waals surface area contributed by atoms with E-state index in [2.05, 4.69) is 22.3 Å². The Bertz CT molecular complexity index is 671. The van der Waals surface area contributed by atoms with E-state index in [-0.39, 0.29) is 30.0 Å². The number of hydrogen-bond donors (Lipinski definition) is 2. The molecule has 1 saturated carbocycles. The lowest BCUT2D eigenvalue weighted by molar-refractivity contribution is -0.143. The standard InChI is InChI=1S/C22H30N2O3/c25-20(14-24-17-11-12-19(24)18(13-17)22(26)27)23-21(15-7-3-1-4-8-15)16-9-5-2-6-10-16/h1,3-4,7-8,16-19,21H,2,5-6,9-14H2,(H,23,25)(H,26,27). The van der Waals surface area contributed by atoms with Crippen molar-refractivity contribution in [3.05, 3.63) is 35.9 Å². The fourth-order valence-electron chi connectivity index (χ4n) is 5.60. The normalized spacial score (nSPS) is 29.6. The Hall–Kier alpha value is -1.88. The average Bonchev–Trinajstić information content (AvgIpc) is 3.24. The highest BCUT2D eigenvalue weighted by Gasteiger charge is 2.49. The van der Waals surface area contributed by atoms with Crippen molar-refractivity contribution in [1.82, 2.24) is 10.2 Å². The summed E-state index contributed by atoms with van der Waals surface area (Å²) in [5.41, 5.74) is 1.19. The van der Waals surface area contributed by atoms with E-state index in [1.165, 1.54) is 24.8 Å². The first kappa shape index (κ1) is 18.5. The van der Waals surface area contributed by atoms with Gasteiger partial charge in [-0.15, -0.1) is 0 Å². The van der Waals surface area contributed by atoms with E-state index < -0.39 is 5.97 Å². The van der Waals surface area contributed by atoms with Crippen LogP contribution in [0.25, 0.3) is 0 Å². The van der Waals surface area contributed by atoms with Crippen molar-refractivity contribution in [3.8, 4) is 0 Å². The lowest BCUT2D eigenvalue weighted by atomic mass is 9.81. The Morgan fingerprint density at radius 2 is 1.81 bits per heavy atom. The van der Waals surface area contributed by atoms with Crippen LogP contribution in [0.3, 0.4) is 0 Å². The minimum absolute atomic E-state index is 0.0307. The van der Waals surface area contributed by atoms with E-state index in [9.17, 15) is 14.7 Å². The van der Waals surface area contributed by atoms with Crippen LogP contribution < -0.4 is 5.32 Å². The number of aliphatic carboxylic acids is 1. The van der Waals surface area contributed by atoms with Gasteiger partial charge in [-0.05, 0) is 43.6 Å². The zero-order valence-electron chi connectivity index (χ0n) is 15.8. The maximum atomic E-state index is 12.9. The van der Waals surface area contributed by atoms with Crippen LogP contribution in [0.4, 0.5) is 0 Å². The summed E-state index contributed by atoms with van der Waals surface area (Å²) in [5.74, 6) is -0.485. The van der Waals surface area contributed by atoms with E-state index in [0.717, 1.165) is 25.7 Å². The maximum Gasteiger partial charge on any atom is 0.308 e. The molecule has 2 heterocycles. The summed E-state index contributed by atoms with van der Waals surface area (Å²) >= 11 is 0. The summed E-state index contributed by atoms with van der Waals surface area (Å²) in [4.78, 5) is 26.5. The molecule has 146 valence electrons. The summed E-state index contributed by atoms with van der Waals surface area (Å²) in [5, 5.41) is 12.7. The third-order valence-corrected chi connectivity index (χ3v) is 6.92. The minimum Gasteiger partial charge on any atom is -0.481 e. The van der Waals surface area contributed by atoms with Crippen LogP contribution in [0, 0.1) is 11.8 Å². The first-order chi connectivity index (χ1) is 13.1. The van der Waals surface area contributed by atoms with Crippen LogP contribution in [-0.4, -0.2) is 40.5 Å². The Morgan fingerprint density at radius 1 is 1.07 bits per heavy atom. The maximum absolute atomic E-state index is 12.9. The van der Waals surface area contributed by atoms with Crippen molar-refractivity contribution in [2.75, 3.05) is 6.54 Å². The molecule has 4 unspecified atom stereocenters. The molecule has 0 radical (unpaired) electrons. The number of benzene rings is 1. The quantitative estimate of drug-likeness (QED) is 0.806. The Morgan fingerprint density at radius 3 is 2.48 bits per heavy atom. The molecule has 2 N–H and O–H groups in total. The molecule has 2 saturated heterocycles. The number of rotatable bonds is 6. The third-order valence-electron chi connectivity index (χ3n) is 6.92. The van der Waals surface area contributed by atoms with Gasteiger partial charge in [0.05, 0.1) is 18.5 Å². The highest BCUT2D eigenvalue weighted by Crippen LogP contribution is 2.41. The molecule has 0 aromatic heterocycles. The first-order valence-electron chi connectivity index (χ1n) is 10.5. The molecule has 1 aliphatic carbocycles. The third kappa shape index (κ3) is 3.88. The van der Waals surface area contributed by atoms with Gasteiger partial charge in [0.25, 0.3) is 0 Å². The van der Waals surface area contributed by atoms with Gasteiger partial charge in [0.1, 0.15) is 0 Å². The molecular weight excluding hydrogens is 340 g/mol. The van der Waals surface area contributed by atoms with E-state index >= 15 is 0 Å². The molecule has 5 nitrogen and oxygen atoms in total. The fraction of sp³-hybridized carbons (Fsp3) is 0.636. The predicted octanol–water partition coefficient (Wildman–Crippen LogP) is 3.36. The molecular formula is C22H30N2O3. The van der Waals surface area contributed by atoms with Gasteiger partial charge in [0.2, 0.25) is 5.91 Å². The molecule has 3 fully saturated rings. The van der Waals surface area contributed by atoms with Gasteiger partial charge in [0.15, 0.2) is 0 Å². The molecule has 1 aromatic carbocycles. The Kier molecular flexibility index (Phi) is 5.48. The van der Waals surface area contributed by atoms with Crippen molar-refractivity contribution < 1.29 is 14.7 Å². The van der Waals surface area contributed by atoms with Gasteiger partial charge in [-0.2, -0.15) is 0 Å². The zero-order chi connectivity index (χ0) is 18.8. The van der Waals surface area contributed by atoms with Gasteiger partial charge < -0.3 is 10.4 Å². The van der Waals surface area contributed by atoms with Crippen molar-refractivity contribution in [2.24, 2.45) is 11.8 Å². The number of nitrogens with zero attached hydrogens (tertiary/aromatic N) is 1. The van der Waals surface area contributed by atoms with Gasteiger partial charge >= 0.3 is 5.97 Å². The van der Waals surface area contributed by atoms with E-state index in [0.29, 0.717) is 18.9 Å². The zero-order valence-corrected chi connectivity index (χ0v) is 15.8. The van der Waals surface area contributed by atoms with Gasteiger partial charge in [-0.1, -0.05) is 49.6 Å². The SMILES string of the molecule is O=C(CN1C2CCC1C(C(=O)O)C2)NC(c1ccccc1)C1CCCCC1. The highest BCUT2D eigenvalue weighted by atomic mass is 16.4. The van der Waals surface area contributed by atoms with Crippen molar-refractivity contribution in [2.45, 2.75) is 69.5 Å². The van der Waals surface area contributed by atoms with Crippen molar-refractivity contribution in [3.63, 3.8) is 0 Å². The number of hydrogen-bond acceptors (Lipinski definition) is 3. The number of carboxylic acid groups (broad SMARTS) is 1. The van der Waals surface area contributed by atoms with Crippen LogP contribution in [0.15, 0.2) is 30.3 Å². The summed E-state index contributed by atoms with van der Waals surface area (Å²) in [6, 6.07) is 10.7. The molecule has 5 heteroatoms. The average molecular weight is 370 g/mol. The van der Waals surface area contributed by atoms with Crippen LogP contribution in [0.5, 0.6) is 0 Å². The number of amides is 1. The predicted molar refractivity (Wildman–Crippen MR) is 103 cm³/mol. The number of carbonyl (C=O) groups excluding carboxylic acids is 1. The number of carbonyl (C=O) groups is 2. The number of fused-ring (bicyclic) bond motifs is 2. The van der Waals surface area contributed by atoms with Gasteiger partial charge in [0, 0.05) is 12.1 Å². The molecule has 1 amide bonds. The first-order valence-corrected chi connectivity index (χ1v) is 10.5. The van der Waals surface area contributed by atoms with Gasteiger partial charge in [-0.3, -0.25) is 14.5 Å². The summed E-state index contributed by atoms with van der Waals surface area (Å²) < 4.78 is 0. The second-order valence-corrected chi connectivity index (χ2v) is 8.51. The lowest BCUT2D eigenvalue weighted by Crippen LogP contribution is -2.43. The second-order valence-electron chi connectivity index (χ2n) is 8.51.